The van der Waals surface area contributed by atoms with Crippen molar-refractivity contribution in [1.29, 1.82) is 0 Å². The third kappa shape index (κ3) is 5.03. The molecule has 0 radical (unpaired) electrons. The van der Waals surface area contributed by atoms with Crippen molar-refractivity contribution in [2.45, 2.75) is 71.3 Å². The molecule has 1 unspecified atom stereocenters. The SMILES string of the molecule is CCC(=O)C1=C(C)C=C[SH]1C1CCN(Cc2nccnc2OC(C)(C)C)CC1. The lowest BCUT2D eigenvalue weighted by Gasteiger charge is -2.37. The second-order valence-corrected chi connectivity index (χ2v) is 10.9. The van der Waals surface area contributed by atoms with E-state index in [0.717, 1.165) is 43.1 Å². The van der Waals surface area contributed by atoms with Crippen molar-refractivity contribution in [3.8, 4) is 5.88 Å². The van der Waals surface area contributed by atoms with Crippen LogP contribution in [0.3, 0.4) is 0 Å². The van der Waals surface area contributed by atoms with E-state index in [9.17, 15) is 4.79 Å². The smallest absolute Gasteiger partial charge is 0.237 e. The zero-order chi connectivity index (χ0) is 20.3. The topological polar surface area (TPSA) is 55.3 Å². The second-order valence-electron chi connectivity index (χ2n) is 8.56. The Morgan fingerprint density at radius 3 is 2.57 bits per heavy atom. The standard InChI is InChI=1S/C22H33N3O2S/c1-6-19(26)20-16(2)9-14-28(20)17-7-12-25(13-8-17)15-18-21(24-11-10-23-18)27-22(3,4)5/h9-11,14,17,28H,6-8,12-13,15H2,1-5H3. The Labute approximate surface area is 171 Å². The van der Waals surface area contributed by atoms with Crippen LogP contribution in [-0.4, -0.2) is 44.6 Å². The largest absolute Gasteiger partial charge is 0.471 e. The molecule has 1 atom stereocenters. The number of ether oxygens (including phenoxy) is 1. The van der Waals surface area contributed by atoms with Crippen LogP contribution in [0.25, 0.3) is 0 Å². The van der Waals surface area contributed by atoms with E-state index in [-0.39, 0.29) is 5.60 Å². The number of ketones is 1. The highest BCUT2D eigenvalue weighted by Gasteiger charge is 2.30. The molecule has 3 rings (SSSR count). The molecule has 154 valence electrons. The number of nitrogens with zero attached hydrogens (tertiary/aromatic N) is 3. The Hall–Kier alpha value is -1.66. The molecule has 0 saturated carbocycles. The van der Waals surface area contributed by atoms with Gasteiger partial charge in [0.05, 0.1) is 0 Å². The lowest BCUT2D eigenvalue weighted by Crippen LogP contribution is -2.36. The van der Waals surface area contributed by atoms with Gasteiger partial charge in [-0.15, -0.1) is 0 Å². The van der Waals surface area contributed by atoms with Crippen LogP contribution < -0.4 is 4.74 Å². The Bertz CT molecular complexity index is 774. The number of thiol groups is 1. The first-order valence-corrected chi connectivity index (χ1v) is 11.7. The van der Waals surface area contributed by atoms with Crippen LogP contribution in [0.2, 0.25) is 0 Å². The predicted molar refractivity (Wildman–Crippen MR) is 117 cm³/mol. The Kier molecular flexibility index (Phi) is 6.61. The van der Waals surface area contributed by atoms with Gasteiger partial charge in [0.1, 0.15) is 11.3 Å². The molecule has 1 aromatic rings. The van der Waals surface area contributed by atoms with Gasteiger partial charge in [0.2, 0.25) is 5.88 Å². The molecule has 0 amide bonds. The van der Waals surface area contributed by atoms with Crippen molar-refractivity contribution in [2.75, 3.05) is 13.1 Å². The van der Waals surface area contributed by atoms with Gasteiger partial charge < -0.3 is 4.74 Å². The van der Waals surface area contributed by atoms with E-state index >= 15 is 0 Å². The van der Waals surface area contributed by atoms with Gasteiger partial charge in [0.25, 0.3) is 0 Å². The van der Waals surface area contributed by atoms with Gasteiger partial charge in [0, 0.05) is 30.3 Å². The molecule has 2 aliphatic heterocycles. The van der Waals surface area contributed by atoms with Crippen LogP contribution in [0, 0.1) is 0 Å². The van der Waals surface area contributed by atoms with E-state index in [1.54, 1.807) is 12.4 Å². The molecule has 6 heteroatoms. The number of likely N-dealkylation sites (tertiary alicyclic amines) is 1. The summed E-state index contributed by atoms with van der Waals surface area (Å²) >= 11 is 0. The summed E-state index contributed by atoms with van der Waals surface area (Å²) < 4.78 is 5.99. The summed E-state index contributed by atoms with van der Waals surface area (Å²) in [6.45, 7) is 12.9. The van der Waals surface area contributed by atoms with Crippen molar-refractivity contribution in [3.63, 3.8) is 0 Å². The van der Waals surface area contributed by atoms with E-state index in [4.69, 9.17) is 4.74 Å². The van der Waals surface area contributed by atoms with Gasteiger partial charge in [-0.05, 0) is 69.9 Å². The molecular weight excluding hydrogens is 370 g/mol. The van der Waals surface area contributed by atoms with Crippen molar-refractivity contribution >= 4 is 16.7 Å². The lowest BCUT2D eigenvalue weighted by molar-refractivity contribution is -0.114. The van der Waals surface area contributed by atoms with Gasteiger partial charge in [-0.25, -0.2) is 15.9 Å². The molecule has 0 bridgehead atoms. The Morgan fingerprint density at radius 1 is 1.25 bits per heavy atom. The van der Waals surface area contributed by atoms with Crippen LogP contribution in [0.1, 0.15) is 59.6 Å². The maximum Gasteiger partial charge on any atom is 0.237 e. The molecule has 3 heterocycles. The van der Waals surface area contributed by atoms with Gasteiger partial charge in [-0.1, -0.05) is 13.0 Å². The molecule has 2 aliphatic rings. The molecule has 28 heavy (non-hydrogen) atoms. The monoisotopic (exact) mass is 403 g/mol. The van der Waals surface area contributed by atoms with Gasteiger partial charge >= 0.3 is 0 Å². The first-order chi connectivity index (χ1) is 13.3. The fourth-order valence-corrected chi connectivity index (χ4v) is 6.65. The zero-order valence-corrected chi connectivity index (χ0v) is 18.6. The summed E-state index contributed by atoms with van der Waals surface area (Å²) in [6.07, 6.45) is 8.44. The Balaban J connectivity index is 1.61. The summed E-state index contributed by atoms with van der Waals surface area (Å²) in [5.41, 5.74) is 1.80. The van der Waals surface area contributed by atoms with E-state index < -0.39 is 10.9 Å². The minimum Gasteiger partial charge on any atom is -0.471 e. The molecule has 1 saturated heterocycles. The minimum atomic E-state index is -0.444. The van der Waals surface area contributed by atoms with Crippen molar-refractivity contribution in [1.82, 2.24) is 14.9 Å². The van der Waals surface area contributed by atoms with Crippen LogP contribution in [0.4, 0.5) is 0 Å². The van der Waals surface area contributed by atoms with Crippen molar-refractivity contribution in [2.24, 2.45) is 0 Å². The van der Waals surface area contributed by atoms with Crippen molar-refractivity contribution in [3.05, 3.63) is 40.0 Å². The highest BCUT2D eigenvalue weighted by Crippen LogP contribution is 2.51. The van der Waals surface area contributed by atoms with Gasteiger partial charge in [0.15, 0.2) is 5.78 Å². The molecule has 0 N–H and O–H groups in total. The lowest BCUT2D eigenvalue weighted by atomic mass is 10.1. The van der Waals surface area contributed by atoms with E-state index in [1.165, 1.54) is 5.57 Å². The molecular formula is C22H33N3O2S. The summed E-state index contributed by atoms with van der Waals surface area (Å²) in [7, 11) is -0.444. The second kappa shape index (κ2) is 8.78. The average molecular weight is 404 g/mol. The summed E-state index contributed by atoms with van der Waals surface area (Å²) in [4.78, 5) is 24.9. The maximum atomic E-state index is 12.4. The highest BCUT2D eigenvalue weighted by atomic mass is 32.2. The third-order valence-electron chi connectivity index (χ3n) is 5.16. The number of allylic oxidation sites excluding steroid dienone is 3. The van der Waals surface area contributed by atoms with Crippen LogP contribution in [0.15, 0.2) is 34.4 Å². The zero-order valence-electron chi connectivity index (χ0n) is 17.7. The van der Waals surface area contributed by atoms with E-state index in [2.05, 4.69) is 33.3 Å². The van der Waals surface area contributed by atoms with E-state index in [1.807, 2.05) is 27.7 Å². The molecule has 0 aliphatic carbocycles. The summed E-state index contributed by atoms with van der Waals surface area (Å²) in [5, 5.41) is 2.92. The number of carbonyl (C=O) groups excluding carboxylic acids is 1. The molecule has 5 nitrogen and oxygen atoms in total. The first-order valence-electron chi connectivity index (χ1n) is 10.2. The minimum absolute atomic E-state index is 0.290. The van der Waals surface area contributed by atoms with Crippen LogP contribution in [0.5, 0.6) is 5.88 Å². The number of hydrogen-bond acceptors (Lipinski definition) is 5. The fourth-order valence-electron chi connectivity index (χ4n) is 3.79. The fraction of sp³-hybridized carbons (Fsp3) is 0.591. The number of piperidine rings is 1. The quantitative estimate of drug-likeness (QED) is 0.714. The third-order valence-corrected chi connectivity index (χ3v) is 8.06. The average Bonchev–Trinajstić information content (AvgIpc) is 3.04. The normalized spacial score (nSPS) is 22.7. The van der Waals surface area contributed by atoms with Gasteiger partial charge in [-0.3, -0.25) is 14.7 Å². The highest BCUT2D eigenvalue weighted by molar-refractivity contribution is 8.24. The molecule has 1 aromatic heterocycles. The first kappa shape index (κ1) is 21.1. The molecule has 1 fully saturated rings. The van der Waals surface area contributed by atoms with Gasteiger partial charge in [-0.2, -0.15) is 0 Å². The van der Waals surface area contributed by atoms with E-state index in [0.29, 0.717) is 23.3 Å². The Morgan fingerprint density at radius 2 is 1.93 bits per heavy atom. The maximum absolute atomic E-state index is 12.4. The molecule has 0 spiro atoms. The summed E-state index contributed by atoms with van der Waals surface area (Å²) in [6, 6.07) is 0. The number of rotatable bonds is 6. The molecule has 0 aromatic carbocycles. The number of aromatic nitrogens is 2. The number of Topliss-reactive ketones (excluding diaryl/α,β-unsaturated/α-hetero) is 1. The van der Waals surface area contributed by atoms with Crippen molar-refractivity contribution < 1.29 is 9.53 Å². The number of hydrogen-bond donors (Lipinski definition) is 1. The predicted octanol–water partition coefficient (Wildman–Crippen LogP) is 4.40. The number of carbonyl (C=O) groups is 1. The van der Waals surface area contributed by atoms with Crippen LogP contribution in [-0.2, 0) is 11.3 Å². The van der Waals surface area contributed by atoms with Crippen LogP contribution >= 0.6 is 10.9 Å². The summed E-state index contributed by atoms with van der Waals surface area (Å²) in [5.74, 6) is 0.967.